The lowest BCUT2D eigenvalue weighted by atomic mass is 9.70. The van der Waals surface area contributed by atoms with Crippen LogP contribution < -0.4 is 5.32 Å². The van der Waals surface area contributed by atoms with Crippen LogP contribution in [0.4, 0.5) is 5.69 Å². The van der Waals surface area contributed by atoms with Gasteiger partial charge in [-0.3, -0.25) is 4.79 Å². The van der Waals surface area contributed by atoms with E-state index in [4.69, 9.17) is 16.6 Å². The average Bonchev–Trinajstić information content (AvgIpc) is 2.94. The molecule has 1 aromatic heterocycles. The number of amides is 1. The summed E-state index contributed by atoms with van der Waals surface area (Å²) in [6, 6.07) is 7.18. The minimum absolute atomic E-state index is 0.0398. The molecular weight excluding hydrogens is 368 g/mol. The van der Waals surface area contributed by atoms with Gasteiger partial charge in [0.15, 0.2) is 0 Å². The number of nitrogens with zero attached hydrogens (tertiary/aromatic N) is 3. The Labute approximate surface area is 162 Å². The zero-order chi connectivity index (χ0) is 18.5. The van der Waals surface area contributed by atoms with Crippen LogP contribution in [-0.4, -0.2) is 26.8 Å². The van der Waals surface area contributed by atoms with Crippen LogP contribution in [0, 0.1) is 5.41 Å². The molecule has 1 N–H and O–H groups in total. The monoisotopic (exact) mass is 388 g/mol. The third-order valence-corrected chi connectivity index (χ3v) is 7.42. The predicted molar refractivity (Wildman–Crippen MR) is 104 cm³/mol. The number of benzene rings is 1. The number of nitrogens with one attached hydrogen (secondary N) is 1. The van der Waals surface area contributed by atoms with Crippen molar-refractivity contribution in [3.8, 4) is 0 Å². The van der Waals surface area contributed by atoms with Gasteiger partial charge in [-0.25, -0.2) is 4.98 Å². The maximum absolute atomic E-state index is 12.2. The molecule has 0 unspecified atom stereocenters. The quantitative estimate of drug-likeness (QED) is 0.784. The molecule has 1 heterocycles. The lowest BCUT2D eigenvalue weighted by Gasteiger charge is -2.33. The first-order valence-corrected chi connectivity index (χ1v) is 10.1. The first-order valence-electron chi connectivity index (χ1n) is 8.75. The lowest BCUT2D eigenvalue weighted by Crippen LogP contribution is -2.32. The topological polar surface area (TPSA) is 67.8 Å². The van der Waals surface area contributed by atoms with Crippen LogP contribution >= 0.6 is 23.4 Å². The molecule has 0 saturated heterocycles. The van der Waals surface area contributed by atoms with Gasteiger partial charge >= 0.3 is 0 Å². The van der Waals surface area contributed by atoms with Gasteiger partial charge in [0, 0.05) is 11.3 Å². The Bertz CT molecular complexity index is 888. The lowest BCUT2D eigenvalue weighted by molar-refractivity contribution is -0.113. The number of halogens is 1. The number of hydrogen-bond donors (Lipinski definition) is 1. The Morgan fingerprint density at radius 1 is 1.31 bits per heavy atom. The van der Waals surface area contributed by atoms with Crippen molar-refractivity contribution in [3.05, 3.63) is 40.7 Å². The largest absolute Gasteiger partial charge is 0.324 e. The summed E-state index contributed by atoms with van der Waals surface area (Å²) < 4.78 is 0. The summed E-state index contributed by atoms with van der Waals surface area (Å²) in [5, 5.41) is 12.6. The van der Waals surface area contributed by atoms with E-state index in [0.717, 1.165) is 24.2 Å². The van der Waals surface area contributed by atoms with Crippen molar-refractivity contribution in [1.29, 1.82) is 0 Å². The Balaban J connectivity index is 1.47. The Morgan fingerprint density at radius 2 is 2.08 bits per heavy atom. The fourth-order valence-corrected chi connectivity index (χ4v) is 5.07. The molecule has 26 heavy (non-hydrogen) atoms. The molecule has 5 nitrogen and oxygen atoms in total. The highest BCUT2D eigenvalue weighted by Gasteiger charge is 2.61. The first kappa shape index (κ1) is 17.7. The number of hydrogen-bond acceptors (Lipinski definition) is 5. The van der Waals surface area contributed by atoms with E-state index >= 15 is 0 Å². The molecule has 2 atom stereocenters. The molecule has 1 aromatic carbocycles. The molecule has 2 aromatic rings. The summed E-state index contributed by atoms with van der Waals surface area (Å²) in [4.78, 5) is 17.0. The molecule has 1 saturated carbocycles. The van der Waals surface area contributed by atoms with Crippen molar-refractivity contribution < 1.29 is 4.79 Å². The number of fused-ring (bicyclic) bond motifs is 5. The van der Waals surface area contributed by atoms with E-state index in [1.807, 2.05) is 12.1 Å². The van der Waals surface area contributed by atoms with Crippen molar-refractivity contribution in [2.75, 3.05) is 11.1 Å². The molecule has 0 spiro atoms. The standard InChI is InChI=1S/C19H21ClN4OS/c1-18(2)11-8-9-19(18,3)16-15(11)23-24-17(22-16)26-10-14(25)21-13-7-5-4-6-12(13)20/h4-7,11H,8-10H2,1-3H3,(H,21,25)/t11-,19-/m0/s1. The van der Waals surface area contributed by atoms with Gasteiger partial charge in [-0.2, -0.15) is 5.10 Å². The highest BCUT2D eigenvalue weighted by molar-refractivity contribution is 7.99. The molecule has 1 amide bonds. The van der Waals surface area contributed by atoms with Gasteiger partial charge in [-0.1, -0.05) is 56.3 Å². The van der Waals surface area contributed by atoms with Crippen LogP contribution in [0.3, 0.4) is 0 Å². The van der Waals surface area contributed by atoms with Crippen LogP contribution in [0.2, 0.25) is 5.02 Å². The minimum atomic E-state index is -0.139. The number of anilines is 1. The van der Waals surface area contributed by atoms with Gasteiger partial charge in [0.05, 0.1) is 27.9 Å². The molecule has 0 aliphatic heterocycles. The van der Waals surface area contributed by atoms with Crippen LogP contribution in [0.1, 0.15) is 50.9 Å². The van der Waals surface area contributed by atoms with Gasteiger partial charge in [0.25, 0.3) is 0 Å². The molecule has 0 radical (unpaired) electrons. The van der Waals surface area contributed by atoms with Crippen LogP contribution in [0.25, 0.3) is 0 Å². The molecule has 2 aliphatic carbocycles. The summed E-state index contributed by atoms with van der Waals surface area (Å²) in [6.07, 6.45) is 2.28. The van der Waals surface area contributed by atoms with Gasteiger partial charge in [0.2, 0.25) is 11.1 Å². The van der Waals surface area contributed by atoms with Gasteiger partial charge < -0.3 is 5.32 Å². The fourth-order valence-electron chi connectivity index (χ4n) is 4.30. The second kappa shape index (κ2) is 6.20. The summed E-state index contributed by atoms with van der Waals surface area (Å²) >= 11 is 7.38. The number of carbonyl (C=O) groups excluding carboxylic acids is 1. The number of rotatable bonds is 4. The first-order chi connectivity index (χ1) is 12.3. The van der Waals surface area contributed by atoms with Gasteiger partial charge in [-0.15, -0.1) is 5.10 Å². The summed E-state index contributed by atoms with van der Waals surface area (Å²) in [7, 11) is 0. The van der Waals surface area contributed by atoms with Crippen molar-refractivity contribution in [2.45, 2.75) is 50.1 Å². The number of para-hydroxylation sites is 1. The van der Waals surface area contributed by atoms with Gasteiger partial charge in [0.1, 0.15) is 0 Å². The zero-order valence-corrected chi connectivity index (χ0v) is 16.6. The maximum atomic E-state index is 12.2. The summed E-state index contributed by atoms with van der Waals surface area (Å²) in [5.74, 6) is 0.514. The molecular formula is C19H21ClN4OS. The van der Waals surface area contributed by atoms with E-state index in [1.54, 1.807) is 12.1 Å². The van der Waals surface area contributed by atoms with Gasteiger partial charge in [-0.05, 0) is 30.4 Å². The molecule has 2 bridgehead atoms. The number of carbonyl (C=O) groups is 1. The third-order valence-electron chi connectivity index (χ3n) is 6.25. The average molecular weight is 389 g/mol. The molecule has 2 aliphatic rings. The number of thioether (sulfide) groups is 1. The van der Waals surface area contributed by atoms with E-state index in [2.05, 4.69) is 36.3 Å². The molecule has 4 rings (SSSR count). The Kier molecular flexibility index (Phi) is 4.23. The highest BCUT2D eigenvalue weighted by Crippen LogP contribution is 2.66. The SMILES string of the molecule is CC1(C)[C@H]2CC[C@@]1(C)c1nc(SCC(=O)Nc3ccccc3Cl)nnc12. The molecule has 136 valence electrons. The zero-order valence-electron chi connectivity index (χ0n) is 15.0. The second-order valence-corrected chi connectivity index (χ2v) is 9.14. The van der Waals surface area contributed by atoms with Crippen molar-refractivity contribution in [2.24, 2.45) is 5.41 Å². The highest BCUT2D eigenvalue weighted by atomic mass is 35.5. The van der Waals surface area contributed by atoms with Crippen molar-refractivity contribution >= 4 is 35.0 Å². The van der Waals surface area contributed by atoms with E-state index in [9.17, 15) is 4.79 Å². The van der Waals surface area contributed by atoms with E-state index in [1.165, 1.54) is 11.8 Å². The molecule has 7 heteroatoms. The minimum Gasteiger partial charge on any atom is -0.324 e. The van der Waals surface area contributed by atoms with Crippen LogP contribution in [-0.2, 0) is 10.2 Å². The van der Waals surface area contributed by atoms with E-state index in [-0.39, 0.29) is 22.5 Å². The Morgan fingerprint density at radius 3 is 2.85 bits per heavy atom. The van der Waals surface area contributed by atoms with Crippen molar-refractivity contribution in [1.82, 2.24) is 15.2 Å². The Hall–Kier alpha value is -1.66. The normalized spacial score (nSPS) is 25.2. The third kappa shape index (κ3) is 2.62. The van der Waals surface area contributed by atoms with E-state index in [0.29, 0.717) is 21.8 Å². The van der Waals surface area contributed by atoms with Crippen molar-refractivity contribution in [3.63, 3.8) is 0 Å². The second-order valence-electron chi connectivity index (χ2n) is 7.79. The van der Waals surface area contributed by atoms with Crippen LogP contribution in [0.5, 0.6) is 0 Å². The van der Waals surface area contributed by atoms with E-state index < -0.39 is 0 Å². The number of aromatic nitrogens is 3. The predicted octanol–water partition coefficient (Wildman–Crippen LogP) is 4.43. The smallest absolute Gasteiger partial charge is 0.234 e. The summed E-state index contributed by atoms with van der Waals surface area (Å²) in [5.41, 5.74) is 2.93. The maximum Gasteiger partial charge on any atom is 0.234 e. The summed E-state index contributed by atoms with van der Waals surface area (Å²) in [6.45, 7) is 6.89. The van der Waals surface area contributed by atoms with Crippen LogP contribution in [0.15, 0.2) is 29.4 Å². The fraction of sp³-hybridized carbons (Fsp3) is 0.474. The molecule has 1 fully saturated rings.